The quantitative estimate of drug-likeness (QED) is 0.752. The third kappa shape index (κ3) is 5.58. The number of sulfonamides is 1. The molecule has 156 valence electrons. The first kappa shape index (κ1) is 21.3. The zero-order chi connectivity index (χ0) is 20.9. The van der Waals surface area contributed by atoms with Gasteiger partial charge in [-0.1, -0.05) is 30.3 Å². The zero-order valence-corrected chi connectivity index (χ0v) is 17.7. The number of nitrogens with one attached hydrogen (secondary N) is 1. The smallest absolute Gasteiger partial charge is 0.243 e. The largest absolute Gasteiger partial charge is 0.491 e. The van der Waals surface area contributed by atoms with Gasteiger partial charge in [-0.2, -0.15) is 4.31 Å². The van der Waals surface area contributed by atoms with Gasteiger partial charge in [-0.3, -0.25) is 4.79 Å². The minimum absolute atomic E-state index is 0.111. The Bertz CT molecular complexity index is 912. The lowest BCUT2D eigenvalue weighted by molar-refractivity contribution is -0.126. The number of hydrogen-bond acceptors (Lipinski definition) is 4. The van der Waals surface area contributed by atoms with Crippen LogP contribution in [0.2, 0.25) is 0 Å². The Kier molecular flexibility index (Phi) is 6.92. The third-order valence-electron chi connectivity index (χ3n) is 4.90. The van der Waals surface area contributed by atoms with Crippen LogP contribution in [0.5, 0.6) is 5.75 Å². The van der Waals surface area contributed by atoms with Crippen molar-refractivity contribution in [3.63, 3.8) is 0 Å². The van der Waals surface area contributed by atoms with Gasteiger partial charge in [-0.05, 0) is 56.5 Å². The van der Waals surface area contributed by atoms with Gasteiger partial charge in [0.05, 0.1) is 16.9 Å². The van der Waals surface area contributed by atoms with Crippen LogP contribution >= 0.6 is 0 Å². The van der Waals surface area contributed by atoms with E-state index in [-0.39, 0.29) is 29.4 Å². The molecule has 0 bridgehead atoms. The van der Waals surface area contributed by atoms with Crippen molar-refractivity contribution in [1.29, 1.82) is 0 Å². The number of rotatable bonds is 7. The molecule has 0 spiro atoms. The SMILES string of the molecule is CC(C)Oc1ccc(CNC(=O)C2CCCN(S(=O)(=O)c3ccccc3)C2)cc1. The van der Waals surface area contributed by atoms with E-state index in [1.54, 1.807) is 30.3 Å². The van der Waals surface area contributed by atoms with Crippen LogP contribution in [0.25, 0.3) is 0 Å². The summed E-state index contributed by atoms with van der Waals surface area (Å²) in [5.74, 6) is 0.343. The zero-order valence-electron chi connectivity index (χ0n) is 16.9. The standard InChI is InChI=1S/C22H28N2O4S/c1-17(2)28-20-12-10-18(11-13-20)15-23-22(25)19-7-6-14-24(16-19)29(26,27)21-8-4-3-5-9-21/h3-5,8-13,17,19H,6-7,14-16H2,1-2H3,(H,23,25). The maximum Gasteiger partial charge on any atom is 0.243 e. The Morgan fingerprint density at radius 1 is 1.14 bits per heavy atom. The van der Waals surface area contributed by atoms with Gasteiger partial charge in [0.15, 0.2) is 0 Å². The van der Waals surface area contributed by atoms with E-state index in [9.17, 15) is 13.2 Å². The molecule has 3 rings (SSSR count). The van der Waals surface area contributed by atoms with Crippen molar-refractivity contribution in [2.75, 3.05) is 13.1 Å². The average Bonchev–Trinajstić information content (AvgIpc) is 2.73. The predicted octanol–water partition coefficient (Wildman–Crippen LogP) is 3.19. The Morgan fingerprint density at radius 3 is 2.48 bits per heavy atom. The summed E-state index contributed by atoms with van der Waals surface area (Å²) in [5, 5.41) is 2.94. The second kappa shape index (κ2) is 9.41. The molecule has 1 heterocycles. The summed E-state index contributed by atoms with van der Waals surface area (Å²) in [5.41, 5.74) is 0.971. The Hall–Kier alpha value is -2.38. The van der Waals surface area contributed by atoms with E-state index in [0.717, 1.165) is 11.3 Å². The molecule has 0 aliphatic carbocycles. The molecule has 0 radical (unpaired) electrons. The van der Waals surface area contributed by atoms with Crippen molar-refractivity contribution in [1.82, 2.24) is 9.62 Å². The molecule has 1 atom stereocenters. The molecule has 29 heavy (non-hydrogen) atoms. The van der Waals surface area contributed by atoms with Crippen molar-refractivity contribution in [2.24, 2.45) is 5.92 Å². The Balaban J connectivity index is 1.57. The van der Waals surface area contributed by atoms with E-state index < -0.39 is 10.0 Å². The van der Waals surface area contributed by atoms with Crippen LogP contribution in [-0.2, 0) is 21.4 Å². The molecule has 1 aliphatic rings. The number of nitrogens with zero attached hydrogens (tertiary/aromatic N) is 1. The molecule has 1 fully saturated rings. The minimum atomic E-state index is -3.57. The van der Waals surface area contributed by atoms with Crippen LogP contribution in [0.15, 0.2) is 59.5 Å². The molecule has 7 heteroatoms. The lowest BCUT2D eigenvalue weighted by Gasteiger charge is -2.31. The van der Waals surface area contributed by atoms with Gasteiger partial charge in [-0.25, -0.2) is 8.42 Å². The summed E-state index contributed by atoms with van der Waals surface area (Å²) < 4.78 is 32.7. The van der Waals surface area contributed by atoms with Gasteiger partial charge in [0.2, 0.25) is 15.9 Å². The molecule has 1 unspecified atom stereocenters. The molecule has 1 saturated heterocycles. The van der Waals surface area contributed by atoms with E-state index in [0.29, 0.717) is 25.9 Å². The second-order valence-corrected chi connectivity index (χ2v) is 9.48. The van der Waals surface area contributed by atoms with Gasteiger partial charge in [0.1, 0.15) is 5.75 Å². The van der Waals surface area contributed by atoms with Crippen molar-refractivity contribution in [3.8, 4) is 5.75 Å². The van der Waals surface area contributed by atoms with Crippen molar-refractivity contribution < 1.29 is 17.9 Å². The number of piperidine rings is 1. The fraction of sp³-hybridized carbons (Fsp3) is 0.409. The second-order valence-electron chi connectivity index (χ2n) is 7.54. The summed E-state index contributed by atoms with van der Waals surface area (Å²) in [6, 6.07) is 16.0. The number of benzene rings is 2. The molecule has 0 aromatic heterocycles. The summed E-state index contributed by atoms with van der Waals surface area (Å²) in [7, 11) is -3.57. The number of carbonyl (C=O) groups excluding carboxylic acids is 1. The topological polar surface area (TPSA) is 75.7 Å². The van der Waals surface area contributed by atoms with Gasteiger partial charge >= 0.3 is 0 Å². The number of hydrogen-bond donors (Lipinski definition) is 1. The fourth-order valence-corrected chi connectivity index (χ4v) is 4.95. The molecule has 1 aliphatic heterocycles. The van der Waals surface area contributed by atoms with Gasteiger partial charge < -0.3 is 10.1 Å². The van der Waals surface area contributed by atoms with Gasteiger partial charge in [-0.15, -0.1) is 0 Å². The number of ether oxygens (including phenoxy) is 1. The van der Waals surface area contributed by atoms with Gasteiger partial charge in [0, 0.05) is 19.6 Å². The maximum atomic E-state index is 12.8. The van der Waals surface area contributed by atoms with E-state index in [2.05, 4.69) is 5.32 Å². The van der Waals surface area contributed by atoms with Crippen LogP contribution < -0.4 is 10.1 Å². The summed E-state index contributed by atoms with van der Waals surface area (Å²) in [6.07, 6.45) is 1.47. The normalized spacial score (nSPS) is 17.8. The first-order valence-corrected chi connectivity index (χ1v) is 11.4. The van der Waals surface area contributed by atoms with Crippen LogP contribution in [0.1, 0.15) is 32.3 Å². The molecule has 0 saturated carbocycles. The summed E-state index contributed by atoms with van der Waals surface area (Å²) in [4.78, 5) is 12.9. The number of amides is 1. The highest BCUT2D eigenvalue weighted by Gasteiger charge is 2.33. The minimum Gasteiger partial charge on any atom is -0.491 e. The van der Waals surface area contributed by atoms with Crippen molar-refractivity contribution in [3.05, 3.63) is 60.2 Å². The molecule has 2 aromatic rings. The highest BCUT2D eigenvalue weighted by atomic mass is 32.2. The molecule has 1 amide bonds. The van der Waals surface area contributed by atoms with Crippen molar-refractivity contribution in [2.45, 2.75) is 44.2 Å². The highest BCUT2D eigenvalue weighted by molar-refractivity contribution is 7.89. The first-order chi connectivity index (χ1) is 13.9. The van der Waals surface area contributed by atoms with Crippen LogP contribution in [0.3, 0.4) is 0 Å². The van der Waals surface area contributed by atoms with Gasteiger partial charge in [0.25, 0.3) is 0 Å². The summed E-state index contributed by atoms with van der Waals surface area (Å²) in [6.45, 7) is 5.00. The van der Waals surface area contributed by atoms with E-state index in [4.69, 9.17) is 4.74 Å². The molecular formula is C22H28N2O4S. The van der Waals surface area contributed by atoms with Crippen LogP contribution in [0, 0.1) is 5.92 Å². The van der Waals surface area contributed by atoms with Crippen LogP contribution in [-0.4, -0.2) is 37.8 Å². The lowest BCUT2D eigenvalue weighted by atomic mass is 9.99. The number of carbonyl (C=O) groups is 1. The van der Waals surface area contributed by atoms with Crippen molar-refractivity contribution >= 4 is 15.9 Å². The molecule has 2 aromatic carbocycles. The lowest BCUT2D eigenvalue weighted by Crippen LogP contribution is -2.45. The molecule has 6 nitrogen and oxygen atoms in total. The van der Waals surface area contributed by atoms with Crippen LogP contribution in [0.4, 0.5) is 0 Å². The molecule has 1 N–H and O–H groups in total. The summed E-state index contributed by atoms with van der Waals surface area (Å²) >= 11 is 0. The third-order valence-corrected chi connectivity index (χ3v) is 6.78. The molecular weight excluding hydrogens is 388 g/mol. The van der Waals surface area contributed by atoms with E-state index >= 15 is 0 Å². The monoisotopic (exact) mass is 416 g/mol. The first-order valence-electron chi connectivity index (χ1n) is 9.95. The Morgan fingerprint density at radius 2 is 1.83 bits per heavy atom. The Labute approximate surface area is 172 Å². The predicted molar refractivity (Wildman–Crippen MR) is 112 cm³/mol. The average molecular weight is 417 g/mol. The maximum absolute atomic E-state index is 12.8. The van der Waals surface area contributed by atoms with E-state index in [1.165, 1.54) is 4.31 Å². The van der Waals surface area contributed by atoms with E-state index in [1.807, 2.05) is 38.1 Å². The highest BCUT2D eigenvalue weighted by Crippen LogP contribution is 2.24. The fourth-order valence-electron chi connectivity index (χ4n) is 3.41.